The first-order valence-electron chi connectivity index (χ1n) is 29.0. The van der Waals surface area contributed by atoms with Gasteiger partial charge in [-0.1, -0.05) is 158 Å². The van der Waals surface area contributed by atoms with E-state index in [4.69, 9.17) is 0 Å². The van der Waals surface area contributed by atoms with E-state index in [-0.39, 0.29) is 0 Å². The van der Waals surface area contributed by atoms with Gasteiger partial charge in [0.25, 0.3) is 0 Å². The molecule has 6 heteroatoms. The van der Waals surface area contributed by atoms with Crippen LogP contribution >= 0.6 is 0 Å². The Kier molecular flexibility index (Phi) is 11.9. The van der Waals surface area contributed by atoms with Crippen molar-refractivity contribution in [2.24, 2.45) is 0 Å². The molecule has 1 aliphatic carbocycles. The van der Waals surface area contributed by atoms with Gasteiger partial charge in [0.2, 0.25) is 0 Å². The summed E-state index contributed by atoms with van der Waals surface area (Å²) in [6.07, 6.45) is 9.03. The van der Waals surface area contributed by atoms with Crippen LogP contribution in [-0.2, 0) is 0 Å². The van der Waals surface area contributed by atoms with Crippen LogP contribution in [0.1, 0.15) is 12.8 Å². The number of allylic oxidation sites excluding steroid dienone is 4. The standard InChI is InChI=1S/C78H56N6/c1-7-25-55(26-8-1)79(61-43-46-76-70(52-61)67-37-19-22-40-73(67)82(76)58-31-13-4-14-32-58)64-49-65(80(56-27-9-2-10-28-56)62-44-47-77-71(53-62)68-38-20-23-41-74(68)83(77)59-33-15-5-16-34-59)51-66(50-64)81(57-29-11-3-12-30-57)63-45-48-78-72(54-63)69-39-21-24-42-75(69)84(78)60-35-17-6-18-36-60/h1-5,7-17,19-54H,6,18H2. The van der Waals surface area contributed by atoms with Crippen molar-refractivity contribution < 1.29 is 0 Å². The molecule has 0 fully saturated rings. The lowest BCUT2D eigenvalue weighted by Crippen LogP contribution is -2.16. The molecular formula is C78H56N6. The van der Waals surface area contributed by atoms with Crippen LogP contribution in [0.25, 0.3) is 82.5 Å². The molecule has 84 heavy (non-hydrogen) atoms. The predicted octanol–water partition coefficient (Wildman–Crippen LogP) is 21.6. The highest BCUT2D eigenvalue weighted by Gasteiger charge is 2.26. The lowest BCUT2D eigenvalue weighted by atomic mass is 10.1. The van der Waals surface area contributed by atoms with E-state index in [1.54, 1.807) is 0 Å². The summed E-state index contributed by atoms with van der Waals surface area (Å²) in [6.45, 7) is 0. The van der Waals surface area contributed by atoms with Crippen molar-refractivity contribution in [2.45, 2.75) is 12.8 Å². The molecule has 0 atom stereocenters. The van der Waals surface area contributed by atoms with Crippen molar-refractivity contribution in [1.82, 2.24) is 13.7 Å². The number of anilines is 9. The number of hydrogen-bond donors (Lipinski definition) is 0. The number of benzene rings is 12. The molecule has 12 aromatic carbocycles. The van der Waals surface area contributed by atoms with Crippen LogP contribution in [0.5, 0.6) is 0 Å². The first-order valence-corrected chi connectivity index (χ1v) is 29.0. The Morgan fingerprint density at radius 1 is 0.226 bits per heavy atom. The molecule has 0 N–H and O–H groups in total. The topological polar surface area (TPSA) is 24.5 Å². The molecule has 0 unspecified atom stereocenters. The molecule has 0 aliphatic heterocycles. The zero-order chi connectivity index (χ0) is 55.5. The van der Waals surface area contributed by atoms with Gasteiger partial charge < -0.3 is 28.4 Å². The van der Waals surface area contributed by atoms with Crippen molar-refractivity contribution in [3.05, 3.63) is 315 Å². The van der Waals surface area contributed by atoms with E-state index in [9.17, 15) is 0 Å². The Bertz CT molecular complexity index is 4800. The third kappa shape index (κ3) is 8.26. The summed E-state index contributed by atoms with van der Waals surface area (Å²) in [5.41, 5.74) is 19.7. The van der Waals surface area contributed by atoms with Gasteiger partial charge in [-0.15, -0.1) is 0 Å². The van der Waals surface area contributed by atoms with E-state index in [1.807, 2.05) is 0 Å². The van der Waals surface area contributed by atoms with Gasteiger partial charge in [0.1, 0.15) is 0 Å². The molecule has 16 rings (SSSR count). The lowest BCUT2D eigenvalue weighted by Gasteiger charge is -2.33. The highest BCUT2D eigenvalue weighted by molar-refractivity contribution is 6.14. The normalized spacial score (nSPS) is 12.5. The van der Waals surface area contributed by atoms with Crippen LogP contribution in [0, 0.1) is 0 Å². The quantitative estimate of drug-likeness (QED) is 0.122. The van der Waals surface area contributed by atoms with Gasteiger partial charge in [0.15, 0.2) is 0 Å². The number of fused-ring (bicyclic) bond motifs is 9. The maximum Gasteiger partial charge on any atom is 0.0542 e. The number of rotatable bonds is 12. The molecule has 6 nitrogen and oxygen atoms in total. The van der Waals surface area contributed by atoms with Crippen molar-refractivity contribution >= 4 is 122 Å². The van der Waals surface area contributed by atoms with Crippen LogP contribution in [-0.4, -0.2) is 13.7 Å². The Hall–Kier alpha value is -11.1. The van der Waals surface area contributed by atoms with Crippen molar-refractivity contribution in [3.63, 3.8) is 0 Å². The lowest BCUT2D eigenvalue weighted by molar-refractivity contribution is 1.02. The molecule has 1 aliphatic rings. The summed E-state index contributed by atoms with van der Waals surface area (Å²) in [6, 6.07) is 109. The van der Waals surface area contributed by atoms with E-state index in [2.05, 4.69) is 344 Å². The number of para-hydroxylation sites is 8. The van der Waals surface area contributed by atoms with E-state index < -0.39 is 0 Å². The minimum Gasteiger partial charge on any atom is -0.310 e. The number of hydrogen-bond acceptors (Lipinski definition) is 3. The SMILES string of the molecule is C1=CC(n2c3ccccc3c3cc(N(c4ccccc4)c4cc(N(c5ccccc5)c5ccc6c(c5)c5ccccc5n6-c5ccccc5)cc(N(c5ccccc5)c5ccc6c(c5)c5ccccc5n6-c5ccccc5)c4)ccc32)=CCC1. The largest absolute Gasteiger partial charge is 0.310 e. The summed E-state index contributed by atoms with van der Waals surface area (Å²) in [5.74, 6) is 0. The number of aromatic nitrogens is 3. The first kappa shape index (κ1) is 48.8. The van der Waals surface area contributed by atoms with Crippen LogP contribution in [0.4, 0.5) is 51.2 Å². The van der Waals surface area contributed by atoms with Crippen molar-refractivity contribution in [2.75, 3.05) is 14.7 Å². The molecule has 0 bridgehead atoms. The smallest absolute Gasteiger partial charge is 0.0542 e. The van der Waals surface area contributed by atoms with Gasteiger partial charge in [-0.3, -0.25) is 0 Å². The summed E-state index contributed by atoms with van der Waals surface area (Å²) < 4.78 is 7.22. The molecule has 0 spiro atoms. The summed E-state index contributed by atoms with van der Waals surface area (Å²) in [7, 11) is 0. The molecule has 0 radical (unpaired) electrons. The monoisotopic (exact) mass is 1080 g/mol. The van der Waals surface area contributed by atoms with Crippen LogP contribution in [0.3, 0.4) is 0 Å². The minimum absolute atomic E-state index is 0.997. The molecule has 398 valence electrons. The maximum atomic E-state index is 2.44. The van der Waals surface area contributed by atoms with Crippen molar-refractivity contribution in [3.8, 4) is 11.4 Å². The summed E-state index contributed by atoms with van der Waals surface area (Å²) in [5, 5.41) is 7.16. The van der Waals surface area contributed by atoms with E-state index in [0.717, 1.165) is 86.4 Å². The second kappa shape index (κ2) is 20.5. The predicted molar refractivity (Wildman–Crippen MR) is 355 cm³/mol. The Labute approximate surface area is 487 Å². The van der Waals surface area contributed by atoms with E-state index in [0.29, 0.717) is 0 Å². The van der Waals surface area contributed by atoms with E-state index >= 15 is 0 Å². The molecule has 3 aromatic heterocycles. The molecular weight excluding hydrogens is 1020 g/mol. The van der Waals surface area contributed by atoms with E-state index in [1.165, 1.54) is 60.1 Å². The van der Waals surface area contributed by atoms with Gasteiger partial charge in [0.05, 0.1) is 50.2 Å². The number of nitrogens with zero attached hydrogens (tertiary/aromatic N) is 6. The highest BCUT2D eigenvalue weighted by atomic mass is 15.2. The molecule has 3 heterocycles. The fourth-order valence-corrected chi connectivity index (χ4v) is 13.1. The van der Waals surface area contributed by atoms with Gasteiger partial charge in [-0.25, -0.2) is 0 Å². The second-order valence-corrected chi connectivity index (χ2v) is 21.7. The van der Waals surface area contributed by atoms with Gasteiger partial charge in [-0.05, 0) is 171 Å². The zero-order valence-electron chi connectivity index (χ0n) is 46.1. The Morgan fingerprint density at radius 2 is 0.536 bits per heavy atom. The van der Waals surface area contributed by atoms with Crippen LogP contribution < -0.4 is 14.7 Å². The molecule has 0 amide bonds. The Morgan fingerprint density at radius 3 is 0.893 bits per heavy atom. The molecule has 0 saturated heterocycles. The fourth-order valence-electron chi connectivity index (χ4n) is 13.1. The van der Waals surface area contributed by atoms with Crippen molar-refractivity contribution in [1.29, 1.82) is 0 Å². The zero-order valence-corrected chi connectivity index (χ0v) is 46.1. The van der Waals surface area contributed by atoms with Gasteiger partial charge in [0, 0.05) is 83.5 Å². The summed E-state index contributed by atoms with van der Waals surface area (Å²) >= 11 is 0. The average Bonchev–Trinajstić information content (AvgIpc) is 4.22. The van der Waals surface area contributed by atoms with Crippen LogP contribution in [0.15, 0.2) is 315 Å². The fraction of sp³-hybridized carbons (Fsp3) is 0.0256. The Balaban J connectivity index is 0.969. The molecule has 0 saturated carbocycles. The first-order chi connectivity index (χ1) is 41.7. The third-order valence-electron chi connectivity index (χ3n) is 16.7. The molecule has 15 aromatic rings. The summed E-state index contributed by atoms with van der Waals surface area (Å²) in [4.78, 5) is 7.32. The van der Waals surface area contributed by atoms with Gasteiger partial charge >= 0.3 is 0 Å². The second-order valence-electron chi connectivity index (χ2n) is 21.7. The third-order valence-corrected chi connectivity index (χ3v) is 16.7. The highest BCUT2D eigenvalue weighted by Crippen LogP contribution is 2.49. The van der Waals surface area contributed by atoms with Crippen LogP contribution in [0.2, 0.25) is 0 Å². The van der Waals surface area contributed by atoms with Gasteiger partial charge in [-0.2, -0.15) is 0 Å². The maximum absolute atomic E-state index is 2.44. The average molecular weight is 1080 g/mol. The minimum atomic E-state index is 0.997.